The third-order valence-corrected chi connectivity index (χ3v) is 4.64. The summed E-state index contributed by atoms with van der Waals surface area (Å²) in [5.74, 6) is -2.29. The van der Waals surface area contributed by atoms with Crippen molar-refractivity contribution in [2.75, 3.05) is 24.4 Å². The summed E-state index contributed by atoms with van der Waals surface area (Å²) in [6.07, 6.45) is -7.85. The van der Waals surface area contributed by atoms with Gasteiger partial charge in [0, 0.05) is 17.5 Å². The summed E-state index contributed by atoms with van der Waals surface area (Å²) in [7, 11) is 1.67. The Kier molecular flexibility index (Phi) is 7.38. The normalized spacial score (nSPS) is 11.6. The molecule has 4 N–H and O–H groups in total. The van der Waals surface area contributed by atoms with E-state index in [1.54, 1.807) is 25.4 Å². The Bertz CT molecular complexity index is 1140. The molecule has 0 radical (unpaired) electrons. The van der Waals surface area contributed by atoms with E-state index in [-0.39, 0.29) is 22.9 Å². The molecule has 0 saturated carbocycles. The van der Waals surface area contributed by atoms with Gasteiger partial charge in [0.25, 0.3) is 0 Å². The zero-order valence-corrected chi connectivity index (χ0v) is 17.2. The first-order valence-electron chi connectivity index (χ1n) is 8.46. The van der Waals surface area contributed by atoms with Gasteiger partial charge in [0.1, 0.15) is 5.82 Å². The second-order valence-corrected chi connectivity index (χ2v) is 6.78. The van der Waals surface area contributed by atoms with Gasteiger partial charge in [0.05, 0.1) is 16.6 Å². The molecule has 1 aromatic carbocycles. The fourth-order valence-corrected chi connectivity index (χ4v) is 3.19. The van der Waals surface area contributed by atoms with Crippen LogP contribution in [0.2, 0.25) is 0 Å². The standard InChI is InChI=1S/C16H14F3N5S.C2HF3O2/c1-21-13-8-6-7-10(22-14(8)24-15(20)23-13)12-9(16(17,18)19)4-3-5-11(12)25-2;3-2(4,5)1(6)7/h3-7H,1-2H3,(H3,20,21,22,23,24);(H,6,7). The number of nitrogens with two attached hydrogens (primary N) is 1. The minimum absolute atomic E-state index is 0.00398. The van der Waals surface area contributed by atoms with E-state index in [4.69, 9.17) is 15.6 Å². The van der Waals surface area contributed by atoms with Crippen LogP contribution in [0.4, 0.5) is 38.1 Å². The Morgan fingerprint density at radius 2 is 1.69 bits per heavy atom. The van der Waals surface area contributed by atoms with Gasteiger partial charge >= 0.3 is 18.3 Å². The van der Waals surface area contributed by atoms with Gasteiger partial charge in [-0.15, -0.1) is 11.8 Å². The van der Waals surface area contributed by atoms with E-state index >= 15 is 0 Å². The van der Waals surface area contributed by atoms with Gasteiger partial charge in [-0.2, -0.15) is 36.3 Å². The predicted molar refractivity (Wildman–Crippen MR) is 107 cm³/mol. The van der Waals surface area contributed by atoms with E-state index in [2.05, 4.69) is 20.3 Å². The van der Waals surface area contributed by atoms with Crippen LogP contribution in [0.5, 0.6) is 0 Å². The van der Waals surface area contributed by atoms with Crippen LogP contribution in [0.25, 0.3) is 22.3 Å². The number of anilines is 2. The first kappa shape index (κ1) is 25.0. The van der Waals surface area contributed by atoms with Gasteiger partial charge in [0.15, 0.2) is 5.65 Å². The summed E-state index contributed by atoms with van der Waals surface area (Å²) in [6, 6.07) is 7.24. The SMILES string of the molecule is CNc1nc(N)nc2nc(-c3c(SC)cccc3C(F)(F)F)ccc12.O=C(O)C(F)(F)F. The Morgan fingerprint density at radius 3 is 2.19 bits per heavy atom. The zero-order valence-electron chi connectivity index (χ0n) is 16.3. The number of aromatic nitrogens is 3. The lowest BCUT2D eigenvalue weighted by molar-refractivity contribution is -0.192. The predicted octanol–water partition coefficient (Wildman–Crippen LogP) is 4.69. The van der Waals surface area contributed by atoms with E-state index in [0.717, 1.165) is 6.07 Å². The van der Waals surface area contributed by atoms with Crippen molar-refractivity contribution in [2.45, 2.75) is 17.2 Å². The number of carbonyl (C=O) groups is 1. The lowest BCUT2D eigenvalue weighted by Crippen LogP contribution is -2.21. The molecule has 2 heterocycles. The highest BCUT2D eigenvalue weighted by atomic mass is 32.2. The van der Waals surface area contributed by atoms with Crippen LogP contribution >= 0.6 is 11.8 Å². The monoisotopic (exact) mass is 479 g/mol. The van der Waals surface area contributed by atoms with Crippen LogP contribution in [0.1, 0.15) is 5.56 Å². The molecule has 7 nitrogen and oxygen atoms in total. The molecule has 0 unspecified atom stereocenters. The highest BCUT2D eigenvalue weighted by Crippen LogP contribution is 2.41. The number of nitrogens with one attached hydrogen (secondary N) is 1. The van der Waals surface area contributed by atoms with Crippen molar-refractivity contribution < 1.29 is 36.2 Å². The number of hydrogen-bond donors (Lipinski definition) is 3. The van der Waals surface area contributed by atoms with Crippen molar-refractivity contribution in [3.63, 3.8) is 0 Å². The number of pyridine rings is 1. The summed E-state index contributed by atoms with van der Waals surface area (Å²) in [6.45, 7) is 0. The largest absolute Gasteiger partial charge is 0.490 e. The first-order chi connectivity index (χ1) is 14.8. The fourth-order valence-electron chi connectivity index (χ4n) is 2.56. The average Bonchev–Trinajstić information content (AvgIpc) is 2.71. The maximum atomic E-state index is 13.5. The zero-order chi connectivity index (χ0) is 24.3. The maximum Gasteiger partial charge on any atom is 0.490 e. The molecule has 0 spiro atoms. The molecule has 0 fully saturated rings. The molecular weight excluding hydrogens is 464 g/mol. The van der Waals surface area contributed by atoms with Crippen molar-refractivity contribution in [3.05, 3.63) is 35.9 Å². The smallest absolute Gasteiger partial charge is 0.475 e. The van der Waals surface area contributed by atoms with Gasteiger partial charge in [-0.3, -0.25) is 0 Å². The average molecular weight is 479 g/mol. The molecule has 0 saturated heterocycles. The summed E-state index contributed by atoms with van der Waals surface area (Å²) < 4.78 is 72.1. The molecule has 32 heavy (non-hydrogen) atoms. The number of halogens is 6. The number of nitrogen functional groups attached to an aromatic ring is 1. The van der Waals surface area contributed by atoms with E-state index in [1.165, 1.54) is 23.9 Å². The molecule has 0 atom stereocenters. The molecule has 14 heteroatoms. The van der Waals surface area contributed by atoms with Gasteiger partial charge in [-0.1, -0.05) is 6.07 Å². The minimum atomic E-state index is -5.08. The Morgan fingerprint density at radius 1 is 1.06 bits per heavy atom. The molecule has 2 aromatic heterocycles. The Labute approximate surface area is 181 Å². The number of carboxylic acid groups (broad SMARTS) is 1. The third kappa shape index (κ3) is 5.69. The van der Waals surface area contributed by atoms with Crippen LogP contribution < -0.4 is 11.1 Å². The van der Waals surface area contributed by atoms with Gasteiger partial charge in [-0.25, -0.2) is 9.78 Å². The van der Waals surface area contributed by atoms with Crippen LogP contribution in [0.3, 0.4) is 0 Å². The molecule has 172 valence electrons. The van der Waals surface area contributed by atoms with Crippen molar-refractivity contribution in [3.8, 4) is 11.3 Å². The van der Waals surface area contributed by atoms with E-state index < -0.39 is 23.9 Å². The van der Waals surface area contributed by atoms with E-state index in [0.29, 0.717) is 16.1 Å². The molecule has 0 bridgehead atoms. The number of fused-ring (bicyclic) bond motifs is 1. The van der Waals surface area contributed by atoms with Gasteiger partial charge in [-0.05, 0) is 30.5 Å². The van der Waals surface area contributed by atoms with Gasteiger partial charge in [0.2, 0.25) is 5.95 Å². The number of carboxylic acids is 1. The van der Waals surface area contributed by atoms with Crippen molar-refractivity contribution in [1.82, 2.24) is 15.0 Å². The fraction of sp³-hybridized carbons (Fsp3) is 0.222. The molecule has 0 aliphatic heterocycles. The summed E-state index contributed by atoms with van der Waals surface area (Å²) >= 11 is 1.23. The lowest BCUT2D eigenvalue weighted by Gasteiger charge is -2.16. The lowest BCUT2D eigenvalue weighted by atomic mass is 10.0. The minimum Gasteiger partial charge on any atom is -0.475 e. The highest BCUT2D eigenvalue weighted by Gasteiger charge is 2.38. The number of aliphatic carboxylic acids is 1. The molecule has 3 aromatic rings. The summed E-state index contributed by atoms with van der Waals surface area (Å²) in [5.41, 5.74) is 5.38. The molecule has 0 aliphatic carbocycles. The number of thioether (sulfide) groups is 1. The van der Waals surface area contributed by atoms with Crippen LogP contribution in [-0.4, -0.2) is 45.5 Å². The van der Waals surface area contributed by atoms with Crippen molar-refractivity contribution >= 4 is 40.5 Å². The van der Waals surface area contributed by atoms with E-state index in [9.17, 15) is 26.3 Å². The Balaban J connectivity index is 0.000000451. The number of nitrogens with zero attached hydrogens (tertiary/aromatic N) is 3. The number of benzene rings is 1. The van der Waals surface area contributed by atoms with Crippen molar-refractivity contribution in [2.24, 2.45) is 0 Å². The molecular formula is C18H15F6N5O2S. The first-order valence-corrected chi connectivity index (χ1v) is 9.68. The number of hydrogen-bond acceptors (Lipinski definition) is 7. The number of alkyl halides is 6. The molecule has 3 rings (SSSR count). The second kappa shape index (κ2) is 9.46. The Hall–Kier alpha value is -3.29. The number of rotatable bonds is 3. The summed E-state index contributed by atoms with van der Waals surface area (Å²) in [4.78, 5) is 21.8. The molecule has 0 amide bonds. The molecule has 0 aliphatic rings. The van der Waals surface area contributed by atoms with Gasteiger partial charge < -0.3 is 16.2 Å². The quantitative estimate of drug-likeness (QED) is 0.366. The third-order valence-electron chi connectivity index (χ3n) is 3.86. The second-order valence-electron chi connectivity index (χ2n) is 5.93. The topological polar surface area (TPSA) is 114 Å². The highest BCUT2D eigenvalue weighted by molar-refractivity contribution is 7.98. The van der Waals surface area contributed by atoms with Crippen LogP contribution in [0.15, 0.2) is 35.2 Å². The van der Waals surface area contributed by atoms with Crippen LogP contribution in [0, 0.1) is 0 Å². The van der Waals surface area contributed by atoms with E-state index in [1.807, 2.05) is 0 Å². The maximum absolute atomic E-state index is 13.5. The van der Waals surface area contributed by atoms with Crippen molar-refractivity contribution in [1.29, 1.82) is 0 Å². The van der Waals surface area contributed by atoms with Crippen LogP contribution in [-0.2, 0) is 11.0 Å². The summed E-state index contributed by atoms with van der Waals surface area (Å²) in [5, 5.41) is 10.6.